The molecule has 136 valence electrons. The summed E-state index contributed by atoms with van der Waals surface area (Å²) in [6, 6.07) is 17.8. The standard InChI is InChI=1S/C21H29NO2S/c1-16(2)25(24,17(3)4)20-12-10-18(11-13-20)14-21(23)22-15-19-8-6-5-7-9-19/h5-13,16-17,24H,14-15H2,1-4H3,(H,22,23). The van der Waals surface area contributed by atoms with Gasteiger partial charge < -0.3 is 9.87 Å². The Labute approximate surface area is 153 Å². The molecule has 0 aliphatic heterocycles. The number of hydrogen-bond acceptors (Lipinski definition) is 2. The Morgan fingerprint density at radius 3 is 2.00 bits per heavy atom. The number of carbonyl (C=O) groups excluding carboxylic acids is 1. The van der Waals surface area contributed by atoms with E-state index < -0.39 is 10.3 Å². The quantitative estimate of drug-likeness (QED) is 0.731. The van der Waals surface area contributed by atoms with Crippen molar-refractivity contribution in [2.45, 2.75) is 56.1 Å². The van der Waals surface area contributed by atoms with E-state index in [-0.39, 0.29) is 16.4 Å². The van der Waals surface area contributed by atoms with Gasteiger partial charge in [0, 0.05) is 21.9 Å². The van der Waals surface area contributed by atoms with E-state index in [1.165, 1.54) is 0 Å². The van der Waals surface area contributed by atoms with E-state index in [1.54, 1.807) is 0 Å². The molecule has 0 radical (unpaired) electrons. The number of carbonyl (C=O) groups is 1. The normalized spacial score (nSPS) is 12.4. The van der Waals surface area contributed by atoms with Crippen molar-refractivity contribution in [1.82, 2.24) is 5.32 Å². The summed E-state index contributed by atoms with van der Waals surface area (Å²) in [6.45, 7) is 8.82. The van der Waals surface area contributed by atoms with Crippen LogP contribution in [0.2, 0.25) is 0 Å². The molecule has 0 saturated heterocycles. The molecule has 2 aromatic carbocycles. The van der Waals surface area contributed by atoms with Gasteiger partial charge in [0.2, 0.25) is 5.91 Å². The van der Waals surface area contributed by atoms with Crippen LogP contribution in [0.3, 0.4) is 0 Å². The second-order valence-corrected chi connectivity index (χ2v) is 10.6. The topological polar surface area (TPSA) is 49.3 Å². The van der Waals surface area contributed by atoms with Gasteiger partial charge in [0.05, 0.1) is 6.42 Å². The molecule has 0 aliphatic carbocycles. The summed E-state index contributed by atoms with van der Waals surface area (Å²) in [4.78, 5) is 13.1. The SMILES string of the molecule is CC(C)S(O)(c1ccc(CC(=O)NCc2ccccc2)cc1)C(C)C. The van der Waals surface area contributed by atoms with Crippen LogP contribution in [0.25, 0.3) is 0 Å². The average Bonchev–Trinajstić information content (AvgIpc) is 2.60. The largest absolute Gasteiger partial charge is 0.352 e. The number of nitrogens with one attached hydrogen (secondary N) is 1. The molecule has 25 heavy (non-hydrogen) atoms. The van der Waals surface area contributed by atoms with E-state index in [0.717, 1.165) is 16.0 Å². The van der Waals surface area contributed by atoms with Gasteiger partial charge in [-0.3, -0.25) is 4.79 Å². The van der Waals surface area contributed by atoms with Crippen molar-refractivity contribution in [3.63, 3.8) is 0 Å². The second-order valence-electron chi connectivity index (χ2n) is 6.85. The number of benzene rings is 2. The predicted molar refractivity (Wildman–Crippen MR) is 107 cm³/mol. The van der Waals surface area contributed by atoms with Crippen molar-refractivity contribution >= 4 is 16.2 Å². The lowest BCUT2D eigenvalue weighted by Crippen LogP contribution is -2.24. The van der Waals surface area contributed by atoms with E-state index >= 15 is 0 Å². The number of rotatable bonds is 7. The first-order valence-electron chi connectivity index (χ1n) is 8.77. The summed E-state index contributed by atoms with van der Waals surface area (Å²) in [5.74, 6) is 0.00642. The molecule has 0 heterocycles. The molecule has 0 aliphatic rings. The third kappa shape index (κ3) is 4.86. The molecule has 0 fully saturated rings. The molecule has 0 spiro atoms. The highest BCUT2D eigenvalue weighted by atomic mass is 32.3. The molecule has 4 heteroatoms. The van der Waals surface area contributed by atoms with Crippen LogP contribution in [0.15, 0.2) is 59.5 Å². The van der Waals surface area contributed by atoms with Gasteiger partial charge >= 0.3 is 0 Å². The highest BCUT2D eigenvalue weighted by molar-refractivity contribution is 8.30. The van der Waals surface area contributed by atoms with Crippen LogP contribution in [0.1, 0.15) is 38.8 Å². The molecule has 1 amide bonds. The maximum atomic E-state index is 12.1. The van der Waals surface area contributed by atoms with Crippen molar-refractivity contribution in [2.24, 2.45) is 0 Å². The Bertz CT molecular complexity index is 673. The summed E-state index contributed by atoms with van der Waals surface area (Å²) < 4.78 is 11.1. The fraction of sp³-hybridized carbons (Fsp3) is 0.381. The third-order valence-electron chi connectivity index (χ3n) is 4.44. The van der Waals surface area contributed by atoms with E-state index in [4.69, 9.17) is 0 Å². The highest BCUT2D eigenvalue weighted by Gasteiger charge is 2.30. The lowest BCUT2D eigenvalue weighted by molar-refractivity contribution is -0.120. The Hall–Kier alpha value is -1.78. The predicted octanol–water partition coefficient (Wildman–Crippen LogP) is 5.00. The monoisotopic (exact) mass is 359 g/mol. The minimum atomic E-state index is -1.84. The Balaban J connectivity index is 1.99. The van der Waals surface area contributed by atoms with Crippen molar-refractivity contribution in [2.75, 3.05) is 0 Å². The minimum absolute atomic E-state index is 0.00642. The first-order valence-corrected chi connectivity index (χ1v) is 10.5. The molecule has 3 nitrogen and oxygen atoms in total. The average molecular weight is 360 g/mol. The fourth-order valence-corrected chi connectivity index (χ4v) is 5.71. The highest BCUT2D eigenvalue weighted by Crippen LogP contribution is 2.59. The summed E-state index contributed by atoms with van der Waals surface area (Å²) in [7, 11) is -1.84. The summed E-state index contributed by atoms with van der Waals surface area (Å²) in [5.41, 5.74) is 2.05. The summed E-state index contributed by atoms with van der Waals surface area (Å²) in [5, 5.41) is 3.35. The zero-order valence-corrected chi connectivity index (χ0v) is 16.3. The molecule has 2 aromatic rings. The van der Waals surface area contributed by atoms with Crippen LogP contribution in [0.4, 0.5) is 0 Å². The Kier molecular flexibility index (Phi) is 6.68. The van der Waals surface area contributed by atoms with Crippen molar-refractivity contribution in [3.05, 3.63) is 65.7 Å². The van der Waals surface area contributed by atoms with Gasteiger partial charge in [0.1, 0.15) is 0 Å². The Morgan fingerprint density at radius 2 is 1.48 bits per heavy atom. The number of hydrogen-bond donors (Lipinski definition) is 2. The molecule has 2 rings (SSSR count). The van der Waals surface area contributed by atoms with Crippen LogP contribution in [-0.4, -0.2) is 21.0 Å². The lowest BCUT2D eigenvalue weighted by Gasteiger charge is -2.42. The van der Waals surface area contributed by atoms with E-state index in [9.17, 15) is 9.35 Å². The van der Waals surface area contributed by atoms with Crippen LogP contribution >= 0.6 is 10.3 Å². The molecule has 2 N–H and O–H groups in total. The minimum Gasteiger partial charge on any atom is -0.352 e. The van der Waals surface area contributed by atoms with Gasteiger partial charge in [-0.25, -0.2) is 0 Å². The summed E-state index contributed by atoms with van der Waals surface area (Å²) >= 11 is 0. The zero-order valence-electron chi connectivity index (χ0n) is 15.5. The first-order chi connectivity index (χ1) is 11.8. The van der Waals surface area contributed by atoms with Gasteiger partial charge in [0.25, 0.3) is 0 Å². The van der Waals surface area contributed by atoms with Crippen LogP contribution in [0, 0.1) is 0 Å². The van der Waals surface area contributed by atoms with Crippen molar-refractivity contribution in [1.29, 1.82) is 0 Å². The fourth-order valence-electron chi connectivity index (χ4n) is 2.96. The van der Waals surface area contributed by atoms with Crippen molar-refractivity contribution < 1.29 is 9.35 Å². The maximum absolute atomic E-state index is 12.1. The van der Waals surface area contributed by atoms with Crippen LogP contribution < -0.4 is 5.32 Å². The zero-order chi connectivity index (χ0) is 18.4. The van der Waals surface area contributed by atoms with E-state index in [2.05, 4.69) is 33.0 Å². The molecule has 0 unspecified atom stereocenters. The van der Waals surface area contributed by atoms with Crippen LogP contribution in [0.5, 0.6) is 0 Å². The molecule has 0 saturated carbocycles. The second kappa shape index (κ2) is 8.54. The maximum Gasteiger partial charge on any atom is 0.224 e. The van der Waals surface area contributed by atoms with Gasteiger partial charge in [-0.05, 0) is 23.3 Å². The first kappa shape index (κ1) is 19.5. The molecule has 0 bridgehead atoms. The Morgan fingerprint density at radius 1 is 0.920 bits per heavy atom. The smallest absolute Gasteiger partial charge is 0.224 e. The molecule has 0 atom stereocenters. The summed E-state index contributed by atoms with van der Waals surface area (Å²) in [6.07, 6.45) is 0.351. The number of amides is 1. The van der Waals surface area contributed by atoms with Crippen LogP contribution in [-0.2, 0) is 17.8 Å². The van der Waals surface area contributed by atoms with E-state index in [0.29, 0.717) is 13.0 Å². The molecular formula is C21H29NO2S. The van der Waals surface area contributed by atoms with Gasteiger partial charge in [-0.1, -0.05) is 70.2 Å². The lowest BCUT2D eigenvalue weighted by atomic mass is 10.1. The van der Waals surface area contributed by atoms with E-state index in [1.807, 2.05) is 54.6 Å². The third-order valence-corrected chi connectivity index (χ3v) is 8.34. The van der Waals surface area contributed by atoms with Gasteiger partial charge in [-0.15, -0.1) is 10.3 Å². The van der Waals surface area contributed by atoms with Gasteiger partial charge in [-0.2, -0.15) is 0 Å². The molecule has 0 aromatic heterocycles. The molecular weight excluding hydrogens is 330 g/mol. The van der Waals surface area contributed by atoms with Crippen molar-refractivity contribution in [3.8, 4) is 0 Å². The van der Waals surface area contributed by atoms with Gasteiger partial charge in [0.15, 0.2) is 0 Å².